The van der Waals surface area contributed by atoms with Crippen LogP contribution >= 0.6 is 0 Å². The number of hydrogen-bond acceptors (Lipinski definition) is 2. The third kappa shape index (κ3) is 3.15. The number of para-hydroxylation sites is 1. The Hall–Kier alpha value is -2.36. The molecule has 2 aromatic rings. The summed E-state index contributed by atoms with van der Waals surface area (Å²) in [6.45, 7) is 4.41. The Morgan fingerprint density at radius 3 is 2.50 bits per heavy atom. The Balaban J connectivity index is 2.20. The first-order valence-electron chi connectivity index (χ1n) is 6.64. The van der Waals surface area contributed by atoms with Crippen LogP contribution in [0.4, 0.5) is 5.69 Å². The highest BCUT2D eigenvalue weighted by Gasteiger charge is 2.14. The van der Waals surface area contributed by atoms with Gasteiger partial charge in [0.25, 0.3) is 5.56 Å². The van der Waals surface area contributed by atoms with Gasteiger partial charge in [0, 0.05) is 24.5 Å². The van der Waals surface area contributed by atoms with Gasteiger partial charge in [-0.05, 0) is 37.6 Å². The molecule has 4 heteroatoms. The largest absolute Gasteiger partial charge is 0.311 e. The topological polar surface area (TPSA) is 42.3 Å². The van der Waals surface area contributed by atoms with E-state index in [4.69, 9.17) is 0 Å². The molecule has 104 valence electrons. The molecule has 20 heavy (non-hydrogen) atoms. The lowest BCUT2D eigenvalue weighted by molar-refractivity contribution is -0.119. The molecule has 1 amide bonds. The molecule has 0 spiro atoms. The Labute approximate surface area is 118 Å². The minimum Gasteiger partial charge on any atom is -0.311 e. The molecular weight excluding hydrogens is 252 g/mol. The van der Waals surface area contributed by atoms with Crippen molar-refractivity contribution in [1.82, 2.24) is 4.57 Å². The summed E-state index contributed by atoms with van der Waals surface area (Å²) in [5, 5.41) is 0. The van der Waals surface area contributed by atoms with Gasteiger partial charge in [-0.3, -0.25) is 9.59 Å². The van der Waals surface area contributed by atoms with Crippen LogP contribution < -0.4 is 10.5 Å². The van der Waals surface area contributed by atoms with E-state index in [0.717, 1.165) is 11.3 Å². The molecule has 0 bridgehead atoms. The standard InChI is InChI=1S/C16H18N2O2/c1-3-18(14-7-5-4-6-8-14)16(20)12-17-10-9-13(2)11-15(17)19/h4-11H,3,12H2,1-2H3. The normalized spacial score (nSPS) is 10.3. The van der Waals surface area contributed by atoms with E-state index in [1.807, 2.05) is 50.2 Å². The monoisotopic (exact) mass is 270 g/mol. The van der Waals surface area contributed by atoms with Crippen molar-refractivity contribution in [3.8, 4) is 0 Å². The number of aromatic nitrogens is 1. The zero-order chi connectivity index (χ0) is 14.5. The Bertz CT molecular complexity index is 647. The summed E-state index contributed by atoms with van der Waals surface area (Å²) in [7, 11) is 0. The predicted molar refractivity (Wildman–Crippen MR) is 79.9 cm³/mol. The van der Waals surface area contributed by atoms with E-state index in [2.05, 4.69) is 0 Å². The summed E-state index contributed by atoms with van der Waals surface area (Å²) in [4.78, 5) is 25.8. The molecule has 0 aliphatic carbocycles. The van der Waals surface area contributed by atoms with Crippen LogP contribution in [-0.2, 0) is 11.3 Å². The summed E-state index contributed by atoms with van der Waals surface area (Å²) in [6.07, 6.45) is 1.66. The Morgan fingerprint density at radius 1 is 1.20 bits per heavy atom. The number of rotatable bonds is 4. The van der Waals surface area contributed by atoms with Gasteiger partial charge in [0.2, 0.25) is 5.91 Å². The molecule has 0 atom stereocenters. The number of likely N-dealkylation sites (N-methyl/N-ethyl adjacent to an activating group) is 1. The van der Waals surface area contributed by atoms with E-state index < -0.39 is 0 Å². The van der Waals surface area contributed by atoms with Gasteiger partial charge in [0.15, 0.2) is 0 Å². The highest BCUT2D eigenvalue weighted by Crippen LogP contribution is 2.13. The first-order chi connectivity index (χ1) is 9.61. The molecule has 2 rings (SSSR count). The van der Waals surface area contributed by atoms with Crippen LogP contribution in [0.15, 0.2) is 53.5 Å². The van der Waals surface area contributed by atoms with E-state index >= 15 is 0 Å². The molecule has 0 unspecified atom stereocenters. The third-order valence-corrected chi connectivity index (χ3v) is 3.14. The molecule has 1 aromatic carbocycles. The fraction of sp³-hybridized carbons (Fsp3) is 0.250. The first-order valence-corrected chi connectivity index (χ1v) is 6.64. The maximum atomic E-state index is 12.3. The number of hydrogen-bond donors (Lipinski definition) is 0. The fourth-order valence-corrected chi connectivity index (χ4v) is 2.08. The van der Waals surface area contributed by atoms with Crippen LogP contribution in [0.3, 0.4) is 0 Å². The summed E-state index contributed by atoms with van der Waals surface area (Å²) in [6, 6.07) is 12.8. The SMILES string of the molecule is CCN(C(=O)Cn1ccc(C)cc1=O)c1ccccc1. The Morgan fingerprint density at radius 2 is 1.90 bits per heavy atom. The van der Waals surface area contributed by atoms with Gasteiger partial charge in [-0.2, -0.15) is 0 Å². The van der Waals surface area contributed by atoms with Crippen molar-refractivity contribution in [3.63, 3.8) is 0 Å². The minimum absolute atomic E-state index is 0.0574. The molecule has 1 heterocycles. The Kier molecular flexibility index (Phi) is 4.35. The van der Waals surface area contributed by atoms with Gasteiger partial charge in [0.05, 0.1) is 0 Å². The van der Waals surface area contributed by atoms with Crippen LogP contribution in [0.1, 0.15) is 12.5 Å². The van der Waals surface area contributed by atoms with Crippen LogP contribution in [-0.4, -0.2) is 17.0 Å². The van der Waals surface area contributed by atoms with Gasteiger partial charge in [-0.25, -0.2) is 0 Å². The lowest BCUT2D eigenvalue weighted by atomic mass is 10.2. The van der Waals surface area contributed by atoms with Gasteiger partial charge in [0.1, 0.15) is 6.54 Å². The quantitative estimate of drug-likeness (QED) is 0.854. The summed E-state index contributed by atoms with van der Waals surface area (Å²) in [5.41, 5.74) is 1.59. The van der Waals surface area contributed by atoms with Crippen LogP contribution in [0.2, 0.25) is 0 Å². The van der Waals surface area contributed by atoms with Crippen molar-refractivity contribution in [2.75, 3.05) is 11.4 Å². The third-order valence-electron chi connectivity index (χ3n) is 3.14. The molecule has 0 saturated carbocycles. The molecule has 0 fully saturated rings. The number of carbonyl (C=O) groups excluding carboxylic acids is 1. The highest BCUT2D eigenvalue weighted by atomic mass is 16.2. The molecule has 0 radical (unpaired) electrons. The van der Waals surface area contributed by atoms with Crippen molar-refractivity contribution in [3.05, 3.63) is 64.6 Å². The molecular formula is C16H18N2O2. The number of carbonyl (C=O) groups is 1. The van der Waals surface area contributed by atoms with Gasteiger partial charge >= 0.3 is 0 Å². The van der Waals surface area contributed by atoms with E-state index in [9.17, 15) is 9.59 Å². The number of aryl methyl sites for hydroxylation is 1. The van der Waals surface area contributed by atoms with Gasteiger partial charge < -0.3 is 9.47 Å². The van der Waals surface area contributed by atoms with E-state index in [0.29, 0.717) is 6.54 Å². The minimum atomic E-state index is -0.150. The van der Waals surface area contributed by atoms with Crippen molar-refractivity contribution in [2.45, 2.75) is 20.4 Å². The zero-order valence-electron chi connectivity index (χ0n) is 11.7. The highest BCUT2D eigenvalue weighted by molar-refractivity contribution is 5.93. The van der Waals surface area contributed by atoms with Crippen molar-refractivity contribution in [1.29, 1.82) is 0 Å². The maximum Gasteiger partial charge on any atom is 0.251 e. The number of benzene rings is 1. The van der Waals surface area contributed by atoms with Gasteiger partial charge in [-0.1, -0.05) is 18.2 Å². The summed E-state index contributed by atoms with van der Waals surface area (Å²) in [5.74, 6) is -0.0929. The average Bonchev–Trinajstić information content (AvgIpc) is 2.44. The smallest absolute Gasteiger partial charge is 0.251 e. The number of nitrogens with zero attached hydrogens (tertiary/aromatic N) is 2. The fourth-order valence-electron chi connectivity index (χ4n) is 2.08. The number of amides is 1. The van der Waals surface area contributed by atoms with E-state index in [1.165, 1.54) is 10.6 Å². The molecule has 4 nitrogen and oxygen atoms in total. The molecule has 0 aliphatic heterocycles. The second kappa shape index (κ2) is 6.19. The molecule has 0 N–H and O–H groups in total. The summed E-state index contributed by atoms with van der Waals surface area (Å²) < 4.78 is 1.43. The summed E-state index contributed by atoms with van der Waals surface area (Å²) >= 11 is 0. The number of pyridine rings is 1. The van der Waals surface area contributed by atoms with Crippen molar-refractivity contribution >= 4 is 11.6 Å². The maximum absolute atomic E-state index is 12.3. The van der Waals surface area contributed by atoms with Crippen LogP contribution in [0.25, 0.3) is 0 Å². The lowest BCUT2D eigenvalue weighted by Crippen LogP contribution is -2.36. The van der Waals surface area contributed by atoms with Crippen LogP contribution in [0, 0.1) is 6.92 Å². The van der Waals surface area contributed by atoms with Crippen LogP contribution in [0.5, 0.6) is 0 Å². The molecule has 0 saturated heterocycles. The van der Waals surface area contributed by atoms with Crippen molar-refractivity contribution in [2.24, 2.45) is 0 Å². The molecule has 1 aromatic heterocycles. The first kappa shape index (κ1) is 14.1. The second-order valence-corrected chi connectivity index (χ2v) is 4.64. The average molecular weight is 270 g/mol. The van der Waals surface area contributed by atoms with E-state index in [1.54, 1.807) is 11.1 Å². The van der Waals surface area contributed by atoms with Gasteiger partial charge in [-0.15, -0.1) is 0 Å². The van der Waals surface area contributed by atoms with E-state index in [-0.39, 0.29) is 18.0 Å². The lowest BCUT2D eigenvalue weighted by Gasteiger charge is -2.21. The molecule has 0 aliphatic rings. The zero-order valence-corrected chi connectivity index (χ0v) is 11.7. The predicted octanol–water partition coefficient (Wildman–Crippen LogP) is 2.21. The number of anilines is 1. The van der Waals surface area contributed by atoms with Crippen molar-refractivity contribution < 1.29 is 4.79 Å². The second-order valence-electron chi connectivity index (χ2n) is 4.64.